The van der Waals surface area contributed by atoms with Gasteiger partial charge in [-0.1, -0.05) is 28.9 Å². The number of rotatable bonds is 3. The standard InChI is InChI=1S/C14H20ClN3O2/c1-9-6-18(7-10(2)20-9)8-12-4-3-11(5-13(12)15)14(16)17-19/h3-5,9-10,19H,6-8H2,1-2H3,(H2,16,17). The van der Waals surface area contributed by atoms with E-state index in [-0.39, 0.29) is 18.0 Å². The molecule has 1 aliphatic heterocycles. The molecule has 2 rings (SSSR count). The predicted octanol–water partition coefficient (Wildman–Crippen LogP) is 2.04. The van der Waals surface area contributed by atoms with Crippen LogP contribution in [0.4, 0.5) is 0 Å². The van der Waals surface area contributed by atoms with Crippen molar-refractivity contribution in [3.8, 4) is 0 Å². The largest absolute Gasteiger partial charge is 0.409 e. The molecule has 1 aliphatic rings. The number of halogens is 1. The summed E-state index contributed by atoms with van der Waals surface area (Å²) in [5.74, 6) is 0.0621. The fraction of sp³-hybridized carbons (Fsp3) is 0.500. The van der Waals surface area contributed by atoms with Crippen LogP contribution < -0.4 is 5.73 Å². The van der Waals surface area contributed by atoms with E-state index in [0.29, 0.717) is 10.6 Å². The summed E-state index contributed by atoms with van der Waals surface area (Å²) in [4.78, 5) is 2.32. The van der Waals surface area contributed by atoms with Crippen molar-refractivity contribution >= 4 is 17.4 Å². The molecular formula is C14H20ClN3O2. The minimum Gasteiger partial charge on any atom is -0.409 e. The highest BCUT2D eigenvalue weighted by Crippen LogP contribution is 2.21. The minimum atomic E-state index is 0.0621. The SMILES string of the molecule is CC1CN(Cc2ccc(/C(N)=N/O)cc2Cl)CC(C)O1. The Balaban J connectivity index is 2.10. The van der Waals surface area contributed by atoms with E-state index in [1.807, 2.05) is 12.1 Å². The second-order valence-corrected chi connectivity index (χ2v) is 5.65. The topological polar surface area (TPSA) is 71.1 Å². The number of nitrogens with zero attached hydrogens (tertiary/aromatic N) is 2. The van der Waals surface area contributed by atoms with Crippen LogP contribution in [-0.2, 0) is 11.3 Å². The molecule has 2 atom stereocenters. The number of oxime groups is 1. The van der Waals surface area contributed by atoms with Crippen LogP contribution in [0.1, 0.15) is 25.0 Å². The van der Waals surface area contributed by atoms with E-state index in [9.17, 15) is 0 Å². The molecular weight excluding hydrogens is 278 g/mol. The average molecular weight is 298 g/mol. The maximum Gasteiger partial charge on any atom is 0.170 e. The first kappa shape index (κ1) is 15.1. The van der Waals surface area contributed by atoms with Gasteiger partial charge in [-0.3, -0.25) is 4.90 Å². The molecule has 1 fully saturated rings. The lowest BCUT2D eigenvalue weighted by Crippen LogP contribution is -2.44. The maximum absolute atomic E-state index is 8.67. The minimum absolute atomic E-state index is 0.0621. The van der Waals surface area contributed by atoms with Gasteiger partial charge in [0.05, 0.1) is 12.2 Å². The van der Waals surface area contributed by atoms with E-state index in [2.05, 4.69) is 23.9 Å². The molecule has 6 heteroatoms. The van der Waals surface area contributed by atoms with E-state index < -0.39 is 0 Å². The lowest BCUT2D eigenvalue weighted by molar-refractivity contribution is -0.0704. The van der Waals surface area contributed by atoms with Crippen molar-refractivity contribution in [1.82, 2.24) is 4.90 Å². The second-order valence-electron chi connectivity index (χ2n) is 5.24. The van der Waals surface area contributed by atoms with Crippen molar-refractivity contribution in [1.29, 1.82) is 0 Å². The molecule has 20 heavy (non-hydrogen) atoms. The van der Waals surface area contributed by atoms with Gasteiger partial charge >= 0.3 is 0 Å². The van der Waals surface area contributed by atoms with E-state index >= 15 is 0 Å². The van der Waals surface area contributed by atoms with Crippen LogP contribution in [0.5, 0.6) is 0 Å². The first-order chi connectivity index (χ1) is 9.49. The number of hydrogen-bond acceptors (Lipinski definition) is 4. The summed E-state index contributed by atoms with van der Waals surface area (Å²) in [6, 6.07) is 5.45. The lowest BCUT2D eigenvalue weighted by Gasteiger charge is -2.35. The Hall–Kier alpha value is -1.30. The zero-order valence-corrected chi connectivity index (χ0v) is 12.5. The van der Waals surface area contributed by atoms with Crippen molar-refractivity contribution < 1.29 is 9.94 Å². The number of nitrogens with two attached hydrogens (primary N) is 1. The monoisotopic (exact) mass is 297 g/mol. The third-order valence-corrected chi connectivity index (χ3v) is 3.70. The molecule has 0 saturated carbocycles. The summed E-state index contributed by atoms with van der Waals surface area (Å²) in [7, 11) is 0. The quantitative estimate of drug-likeness (QED) is 0.388. The number of benzene rings is 1. The lowest BCUT2D eigenvalue weighted by atomic mass is 10.1. The molecule has 0 aromatic heterocycles. The van der Waals surface area contributed by atoms with Crippen molar-refractivity contribution in [2.45, 2.75) is 32.6 Å². The maximum atomic E-state index is 8.67. The molecule has 0 spiro atoms. The van der Waals surface area contributed by atoms with Crippen LogP contribution in [0, 0.1) is 0 Å². The smallest absolute Gasteiger partial charge is 0.170 e. The van der Waals surface area contributed by atoms with Crippen LogP contribution in [0.25, 0.3) is 0 Å². The molecule has 2 unspecified atom stereocenters. The van der Waals surface area contributed by atoms with E-state index in [1.54, 1.807) is 6.07 Å². The fourth-order valence-electron chi connectivity index (χ4n) is 2.55. The van der Waals surface area contributed by atoms with E-state index in [1.165, 1.54) is 0 Å². The molecule has 0 amide bonds. The van der Waals surface area contributed by atoms with Crippen LogP contribution >= 0.6 is 11.6 Å². The Morgan fingerprint density at radius 2 is 2.10 bits per heavy atom. The third-order valence-electron chi connectivity index (χ3n) is 3.35. The van der Waals surface area contributed by atoms with Crippen LogP contribution in [0.15, 0.2) is 23.4 Å². The van der Waals surface area contributed by atoms with Crippen molar-refractivity contribution in [3.63, 3.8) is 0 Å². The summed E-state index contributed by atoms with van der Waals surface area (Å²) >= 11 is 6.27. The highest BCUT2D eigenvalue weighted by molar-refractivity contribution is 6.31. The van der Waals surface area contributed by atoms with Crippen LogP contribution in [0.2, 0.25) is 5.02 Å². The molecule has 0 aliphatic carbocycles. The fourth-order valence-corrected chi connectivity index (χ4v) is 2.79. The van der Waals surface area contributed by atoms with Crippen molar-refractivity contribution in [2.75, 3.05) is 13.1 Å². The van der Waals surface area contributed by atoms with Gasteiger partial charge < -0.3 is 15.7 Å². The molecule has 1 heterocycles. The van der Waals surface area contributed by atoms with Gasteiger partial charge in [-0.05, 0) is 25.5 Å². The van der Waals surface area contributed by atoms with Gasteiger partial charge in [0.1, 0.15) is 0 Å². The van der Waals surface area contributed by atoms with Gasteiger partial charge in [-0.25, -0.2) is 0 Å². The number of amidine groups is 1. The average Bonchev–Trinajstić information content (AvgIpc) is 2.39. The van der Waals surface area contributed by atoms with Gasteiger partial charge in [0.15, 0.2) is 5.84 Å². The number of ether oxygens (including phenoxy) is 1. The molecule has 0 radical (unpaired) electrons. The first-order valence-corrected chi connectivity index (χ1v) is 7.01. The van der Waals surface area contributed by atoms with Gasteiger partial charge in [0, 0.05) is 30.2 Å². The van der Waals surface area contributed by atoms with Crippen molar-refractivity contribution in [3.05, 3.63) is 34.3 Å². The van der Waals surface area contributed by atoms with E-state index in [0.717, 1.165) is 25.2 Å². The molecule has 5 nitrogen and oxygen atoms in total. The summed E-state index contributed by atoms with van der Waals surface area (Å²) in [6.07, 6.45) is 0.461. The van der Waals surface area contributed by atoms with Gasteiger partial charge in [0.2, 0.25) is 0 Å². The molecule has 110 valence electrons. The Bertz CT molecular complexity index is 497. The Morgan fingerprint density at radius 3 is 2.65 bits per heavy atom. The van der Waals surface area contributed by atoms with E-state index in [4.69, 9.17) is 27.3 Å². The number of hydrogen-bond donors (Lipinski definition) is 2. The summed E-state index contributed by atoms with van der Waals surface area (Å²) < 4.78 is 5.71. The molecule has 0 bridgehead atoms. The summed E-state index contributed by atoms with van der Waals surface area (Å²) in [6.45, 7) is 6.70. The number of morpholine rings is 1. The van der Waals surface area contributed by atoms with Crippen molar-refractivity contribution in [2.24, 2.45) is 10.9 Å². The zero-order chi connectivity index (χ0) is 14.7. The third kappa shape index (κ3) is 3.62. The molecule has 1 aromatic carbocycles. The first-order valence-electron chi connectivity index (χ1n) is 6.63. The molecule has 1 saturated heterocycles. The Labute approximate surface area is 124 Å². The highest BCUT2D eigenvalue weighted by atomic mass is 35.5. The zero-order valence-electron chi connectivity index (χ0n) is 11.7. The normalized spacial score (nSPS) is 24.9. The molecule has 1 aromatic rings. The predicted molar refractivity (Wildman–Crippen MR) is 79.2 cm³/mol. The Kier molecular flexibility index (Phi) is 4.86. The highest BCUT2D eigenvalue weighted by Gasteiger charge is 2.22. The second kappa shape index (κ2) is 6.43. The van der Waals surface area contributed by atoms with Crippen LogP contribution in [0.3, 0.4) is 0 Å². The summed E-state index contributed by atoms with van der Waals surface area (Å²) in [5.41, 5.74) is 7.19. The van der Waals surface area contributed by atoms with Crippen LogP contribution in [-0.4, -0.2) is 41.2 Å². The van der Waals surface area contributed by atoms with Gasteiger partial charge in [-0.2, -0.15) is 0 Å². The Morgan fingerprint density at radius 1 is 1.45 bits per heavy atom. The summed E-state index contributed by atoms with van der Waals surface area (Å²) in [5, 5.41) is 12.3. The molecule has 3 N–H and O–H groups in total. The van der Waals surface area contributed by atoms with Gasteiger partial charge in [0.25, 0.3) is 0 Å². The van der Waals surface area contributed by atoms with Gasteiger partial charge in [-0.15, -0.1) is 0 Å².